The molecule has 1 aliphatic carbocycles. The SMILES string of the molecule is Cl.c1ccc2c(c1)CCN(CC1CC1)C2. The lowest BCUT2D eigenvalue weighted by molar-refractivity contribution is 0.244. The fourth-order valence-electron chi connectivity index (χ4n) is 2.38. The van der Waals surface area contributed by atoms with Gasteiger partial charge in [-0.25, -0.2) is 0 Å². The maximum absolute atomic E-state index is 2.62. The van der Waals surface area contributed by atoms with Crippen molar-refractivity contribution in [1.29, 1.82) is 0 Å². The Morgan fingerprint density at radius 3 is 2.60 bits per heavy atom. The van der Waals surface area contributed by atoms with Crippen molar-refractivity contribution in [3.63, 3.8) is 0 Å². The van der Waals surface area contributed by atoms with Gasteiger partial charge in [0.2, 0.25) is 0 Å². The van der Waals surface area contributed by atoms with Gasteiger partial charge in [-0.2, -0.15) is 0 Å². The van der Waals surface area contributed by atoms with Crippen molar-refractivity contribution in [2.75, 3.05) is 13.1 Å². The standard InChI is InChI=1S/C13H17N.ClH/c1-2-4-13-10-14(9-11-5-6-11)8-7-12(13)3-1;/h1-4,11H,5-10H2;1H. The molecule has 1 aliphatic heterocycles. The number of halogens is 1. The first-order valence-corrected chi connectivity index (χ1v) is 5.71. The van der Waals surface area contributed by atoms with E-state index in [0.717, 1.165) is 5.92 Å². The Morgan fingerprint density at radius 2 is 1.87 bits per heavy atom. The summed E-state index contributed by atoms with van der Waals surface area (Å²) in [6.45, 7) is 3.80. The molecule has 0 unspecified atom stereocenters. The summed E-state index contributed by atoms with van der Waals surface area (Å²) in [5.74, 6) is 1.03. The van der Waals surface area contributed by atoms with Crippen molar-refractivity contribution in [2.45, 2.75) is 25.8 Å². The topological polar surface area (TPSA) is 3.24 Å². The molecule has 82 valence electrons. The molecule has 0 spiro atoms. The molecule has 0 atom stereocenters. The fraction of sp³-hybridized carbons (Fsp3) is 0.538. The van der Waals surface area contributed by atoms with Crippen LogP contribution < -0.4 is 0 Å². The van der Waals surface area contributed by atoms with Crippen LogP contribution in [0.15, 0.2) is 24.3 Å². The number of benzene rings is 1. The predicted octanol–water partition coefficient (Wildman–Crippen LogP) is 2.88. The number of fused-ring (bicyclic) bond motifs is 1. The zero-order valence-electron chi connectivity index (χ0n) is 8.98. The maximum Gasteiger partial charge on any atom is 0.0236 e. The highest BCUT2D eigenvalue weighted by Crippen LogP contribution is 2.31. The van der Waals surface area contributed by atoms with Crippen LogP contribution in [0.1, 0.15) is 24.0 Å². The third kappa shape index (κ3) is 2.53. The number of hydrogen-bond donors (Lipinski definition) is 0. The molecule has 2 aliphatic rings. The molecular formula is C13H18ClN. The monoisotopic (exact) mass is 223 g/mol. The minimum Gasteiger partial charge on any atom is -0.298 e. The van der Waals surface area contributed by atoms with Gasteiger partial charge in [0.25, 0.3) is 0 Å². The predicted molar refractivity (Wildman–Crippen MR) is 65.4 cm³/mol. The summed E-state index contributed by atoms with van der Waals surface area (Å²) < 4.78 is 0. The second-order valence-corrected chi connectivity index (χ2v) is 4.70. The van der Waals surface area contributed by atoms with Gasteiger partial charge in [0.15, 0.2) is 0 Å². The van der Waals surface area contributed by atoms with Crippen LogP contribution in [0.25, 0.3) is 0 Å². The first-order valence-electron chi connectivity index (χ1n) is 5.71. The summed E-state index contributed by atoms with van der Waals surface area (Å²) in [7, 11) is 0. The summed E-state index contributed by atoms with van der Waals surface area (Å²) in [6, 6.07) is 8.90. The van der Waals surface area contributed by atoms with E-state index in [1.54, 1.807) is 11.1 Å². The van der Waals surface area contributed by atoms with Crippen molar-refractivity contribution in [1.82, 2.24) is 4.90 Å². The zero-order valence-corrected chi connectivity index (χ0v) is 9.80. The summed E-state index contributed by atoms with van der Waals surface area (Å²) in [4.78, 5) is 2.62. The number of hydrogen-bond acceptors (Lipinski definition) is 1. The summed E-state index contributed by atoms with van der Waals surface area (Å²) in [5.41, 5.74) is 3.12. The Bertz CT molecular complexity index is 333. The molecule has 0 radical (unpaired) electrons. The number of rotatable bonds is 2. The molecule has 0 amide bonds. The zero-order chi connectivity index (χ0) is 9.38. The Hall–Kier alpha value is -0.530. The van der Waals surface area contributed by atoms with Crippen molar-refractivity contribution in [3.8, 4) is 0 Å². The van der Waals surface area contributed by atoms with E-state index < -0.39 is 0 Å². The van der Waals surface area contributed by atoms with Crippen LogP contribution in [0.5, 0.6) is 0 Å². The van der Waals surface area contributed by atoms with Gasteiger partial charge in [-0.15, -0.1) is 12.4 Å². The molecule has 1 fully saturated rings. The van der Waals surface area contributed by atoms with Gasteiger partial charge >= 0.3 is 0 Å². The molecule has 1 nitrogen and oxygen atoms in total. The molecule has 15 heavy (non-hydrogen) atoms. The molecule has 1 aromatic carbocycles. The largest absolute Gasteiger partial charge is 0.298 e. The first kappa shape index (κ1) is 11.0. The number of nitrogens with zero attached hydrogens (tertiary/aromatic N) is 1. The van der Waals surface area contributed by atoms with Crippen LogP contribution in [0, 0.1) is 5.92 Å². The van der Waals surface area contributed by atoms with Crippen LogP contribution in [0.3, 0.4) is 0 Å². The minimum absolute atomic E-state index is 0. The average molecular weight is 224 g/mol. The van der Waals surface area contributed by atoms with Gasteiger partial charge in [0.1, 0.15) is 0 Å². The fourth-order valence-corrected chi connectivity index (χ4v) is 2.38. The van der Waals surface area contributed by atoms with Gasteiger partial charge in [-0.05, 0) is 36.3 Å². The van der Waals surface area contributed by atoms with Crippen LogP contribution in [0.2, 0.25) is 0 Å². The van der Waals surface area contributed by atoms with E-state index in [0.29, 0.717) is 0 Å². The second-order valence-electron chi connectivity index (χ2n) is 4.70. The van der Waals surface area contributed by atoms with E-state index in [1.807, 2.05) is 0 Å². The van der Waals surface area contributed by atoms with Crippen molar-refractivity contribution in [3.05, 3.63) is 35.4 Å². The van der Waals surface area contributed by atoms with Crippen molar-refractivity contribution in [2.24, 2.45) is 5.92 Å². The van der Waals surface area contributed by atoms with Gasteiger partial charge in [0, 0.05) is 19.6 Å². The highest BCUT2D eigenvalue weighted by Gasteiger charge is 2.25. The van der Waals surface area contributed by atoms with E-state index in [1.165, 1.54) is 38.9 Å². The summed E-state index contributed by atoms with van der Waals surface area (Å²) in [6.07, 6.45) is 4.19. The Morgan fingerprint density at radius 1 is 1.13 bits per heavy atom. The second kappa shape index (κ2) is 4.54. The van der Waals surface area contributed by atoms with E-state index in [9.17, 15) is 0 Å². The summed E-state index contributed by atoms with van der Waals surface area (Å²) in [5, 5.41) is 0. The molecule has 1 saturated carbocycles. The van der Waals surface area contributed by atoms with Crippen LogP contribution in [-0.2, 0) is 13.0 Å². The Kier molecular flexibility index (Phi) is 3.32. The van der Waals surface area contributed by atoms with Crippen LogP contribution in [0.4, 0.5) is 0 Å². The lowest BCUT2D eigenvalue weighted by Gasteiger charge is -2.28. The first-order chi connectivity index (χ1) is 6.92. The third-order valence-electron chi connectivity index (χ3n) is 3.42. The molecule has 0 aromatic heterocycles. The summed E-state index contributed by atoms with van der Waals surface area (Å²) >= 11 is 0. The lowest BCUT2D eigenvalue weighted by Crippen LogP contribution is -2.32. The smallest absolute Gasteiger partial charge is 0.0236 e. The molecule has 0 saturated heterocycles. The van der Waals surface area contributed by atoms with Gasteiger partial charge < -0.3 is 0 Å². The molecule has 3 rings (SSSR count). The van der Waals surface area contributed by atoms with Crippen molar-refractivity contribution < 1.29 is 0 Å². The molecular weight excluding hydrogens is 206 g/mol. The highest BCUT2D eigenvalue weighted by atomic mass is 35.5. The van der Waals surface area contributed by atoms with E-state index >= 15 is 0 Å². The van der Waals surface area contributed by atoms with Gasteiger partial charge in [-0.3, -0.25) is 4.90 Å². The van der Waals surface area contributed by atoms with Gasteiger partial charge in [-0.1, -0.05) is 24.3 Å². The molecule has 2 heteroatoms. The molecule has 0 N–H and O–H groups in total. The average Bonchev–Trinajstić information content (AvgIpc) is 3.02. The highest BCUT2D eigenvalue weighted by molar-refractivity contribution is 5.85. The molecule has 0 bridgehead atoms. The van der Waals surface area contributed by atoms with E-state index in [-0.39, 0.29) is 12.4 Å². The normalized spacial score (nSPS) is 20.5. The van der Waals surface area contributed by atoms with Crippen LogP contribution in [-0.4, -0.2) is 18.0 Å². The quantitative estimate of drug-likeness (QED) is 0.746. The Labute approximate surface area is 97.9 Å². The van der Waals surface area contributed by atoms with Crippen molar-refractivity contribution >= 4 is 12.4 Å². The maximum atomic E-state index is 2.62. The van der Waals surface area contributed by atoms with E-state index in [4.69, 9.17) is 0 Å². The van der Waals surface area contributed by atoms with Crippen LogP contribution >= 0.6 is 12.4 Å². The minimum atomic E-state index is 0. The molecule has 1 aromatic rings. The lowest BCUT2D eigenvalue weighted by atomic mass is 10.00. The van der Waals surface area contributed by atoms with Gasteiger partial charge in [0.05, 0.1) is 0 Å². The Balaban J connectivity index is 0.000000853. The molecule has 1 heterocycles. The third-order valence-corrected chi connectivity index (χ3v) is 3.42. The van der Waals surface area contributed by atoms with E-state index in [2.05, 4.69) is 29.2 Å².